The molecule has 0 bridgehead atoms. The predicted molar refractivity (Wildman–Crippen MR) is 138 cm³/mol. The molecule has 0 radical (unpaired) electrons. The number of hydrogen-bond acceptors (Lipinski definition) is 9. The molecule has 1 fully saturated rings. The molecule has 14 nitrogen and oxygen atoms in total. The van der Waals surface area contributed by atoms with Gasteiger partial charge < -0.3 is 40.5 Å². The van der Waals surface area contributed by atoms with Crippen molar-refractivity contribution in [3.8, 4) is 17.2 Å². The number of aromatic hydroxyl groups is 2. The number of rotatable bonds is 6. The largest absolute Gasteiger partial charge is 0.547 e. The maximum atomic E-state index is 14.1. The van der Waals surface area contributed by atoms with Crippen LogP contribution in [0.25, 0.3) is 0 Å². The number of benzene rings is 2. The molecule has 2 aromatic rings. The van der Waals surface area contributed by atoms with Crippen LogP contribution in [0.15, 0.2) is 18.2 Å². The number of carbonyl (C=O) groups excluding carboxylic acids is 4. The summed E-state index contributed by atoms with van der Waals surface area (Å²) in [6.07, 6.45) is -0.457. The molecule has 2 heterocycles. The number of hydrogen-bond donors (Lipinski definition) is 6. The highest BCUT2D eigenvalue weighted by atomic mass is 35.5. The smallest absolute Gasteiger partial charge is 0.534 e. The van der Waals surface area contributed by atoms with E-state index in [1.165, 1.54) is 4.90 Å². The monoisotopic (exact) mass is 610 g/mol. The third kappa shape index (κ3) is 5.47. The lowest BCUT2D eigenvalue weighted by Crippen LogP contribution is -2.60. The summed E-state index contributed by atoms with van der Waals surface area (Å²) >= 11 is 6.12. The molecule has 0 aliphatic carbocycles. The van der Waals surface area contributed by atoms with Crippen molar-refractivity contribution in [3.63, 3.8) is 0 Å². The van der Waals surface area contributed by atoms with Crippen LogP contribution < -0.4 is 15.3 Å². The molecule has 5 amide bonds. The topological polar surface area (TPSA) is 206 Å². The number of fused-ring (bicyclic) bond motifs is 1. The van der Waals surface area contributed by atoms with Gasteiger partial charge in [0.25, 0.3) is 0 Å². The van der Waals surface area contributed by atoms with Crippen LogP contribution >= 0.6 is 11.6 Å². The Morgan fingerprint density at radius 2 is 1.88 bits per heavy atom. The molecule has 6 N–H and O–H groups in total. The zero-order valence-electron chi connectivity index (χ0n) is 21.6. The van der Waals surface area contributed by atoms with Gasteiger partial charge in [0.2, 0.25) is 5.91 Å². The van der Waals surface area contributed by atoms with Gasteiger partial charge in [0.15, 0.2) is 23.1 Å². The molecular weight excluding hydrogens is 589 g/mol. The summed E-state index contributed by atoms with van der Waals surface area (Å²) in [5.41, 5.74) is -1.65. The van der Waals surface area contributed by atoms with Gasteiger partial charge in [0.05, 0.1) is 11.0 Å². The van der Waals surface area contributed by atoms with E-state index in [1.54, 1.807) is 6.92 Å². The number of likely N-dealkylation sites (N-methyl/N-ethyl adjacent to an activating group) is 1. The Morgan fingerprint density at radius 3 is 2.52 bits per heavy atom. The molecule has 1 unspecified atom stereocenters. The van der Waals surface area contributed by atoms with E-state index < -0.39 is 94.7 Å². The van der Waals surface area contributed by atoms with Crippen molar-refractivity contribution in [3.05, 3.63) is 51.5 Å². The van der Waals surface area contributed by atoms with Crippen LogP contribution in [0.1, 0.15) is 34.5 Å². The Kier molecular flexibility index (Phi) is 8.44. The number of carboxylic acids is 1. The van der Waals surface area contributed by atoms with Crippen molar-refractivity contribution < 1.29 is 57.8 Å². The van der Waals surface area contributed by atoms with E-state index in [0.717, 1.165) is 12.1 Å². The standard InChI is InChI=1S/C24H22BClF2N4O10/c1-2-31-5-6-32(22(37)21(31)36)24(40)30-17(10-3-4-12(33)18(34)15(10)26)20(35)29-13-8-9-7-11(27)16(28)14(23(38)39)19(9)42-25(13)41/h3-4,7,13,17,33-34,41H,2,5-6,8H2,1H3,(H,29,35)(H,30,40)(H,38,39)/t13-,17?/m0/s1. The van der Waals surface area contributed by atoms with Gasteiger partial charge in [-0.1, -0.05) is 17.7 Å². The van der Waals surface area contributed by atoms with Crippen LogP contribution in [-0.2, 0) is 20.8 Å². The number of phenolic OH excluding ortho intramolecular Hbond substituents is 2. The van der Waals surface area contributed by atoms with Gasteiger partial charge in [-0.3, -0.25) is 19.3 Å². The maximum Gasteiger partial charge on any atom is 0.547 e. The van der Waals surface area contributed by atoms with Crippen LogP contribution in [0.3, 0.4) is 0 Å². The van der Waals surface area contributed by atoms with Crippen LogP contribution in [0, 0.1) is 11.6 Å². The number of nitrogens with one attached hydrogen (secondary N) is 2. The van der Waals surface area contributed by atoms with Crippen LogP contribution in [0.2, 0.25) is 5.02 Å². The van der Waals surface area contributed by atoms with Crippen molar-refractivity contribution in [2.75, 3.05) is 19.6 Å². The fraction of sp³-hybridized carbons (Fsp3) is 0.292. The molecule has 2 atom stereocenters. The second-order valence-corrected chi connectivity index (χ2v) is 9.61. The molecule has 222 valence electrons. The first-order chi connectivity index (χ1) is 19.8. The highest BCUT2D eigenvalue weighted by Crippen LogP contribution is 2.39. The first kappa shape index (κ1) is 30.3. The van der Waals surface area contributed by atoms with E-state index in [4.69, 9.17) is 16.3 Å². The Hall–Kier alpha value is -4.64. The number of imide groups is 1. The third-order valence-electron chi connectivity index (χ3n) is 6.71. The molecule has 2 aliphatic rings. The molecule has 1 saturated heterocycles. The van der Waals surface area contributed by atoms with Gasteiger partial charge in [0, 0.05) is 25.2 Å². The van der Waals surface area contributed by atoms with Crippen LogP contribution in [0.5, 0.6) is 17.2 Å². The van der Waals surface area contributed by atoms with Crippen LogP contribution in [0.4, 0.5) is 13.6 Å². The van der Waals surface area contributed by atoms with E-state index >= 15 is 0 Å². The highest BCUT2D eigenvalue weighted by Gasteiger charge is 2.42. The first-order valence-electron chi connectivity index (χ1n) is 12.3. The normalized spacial score (nSPS) is 17.4. The van der Waals surface area contributed by atoms with Crippen LogP contribution in [-0.4, -0.2) is 92.6 Å². The summed E-state index contributed by atoms with van der Waals surface area (Å²) in [7, 11) is -1.98. The van der Waals surface area contributed by atoms with Gasteiger partial charge in [0.1, 0.15) is 17.4 Å². The second-order valence-electron chi connectivity index (χ2n) is 9.23. The minimum absolute atomic E-state index is 0.0204. The van der Waals surface area contributed by atoms with E-state index in [0.29, 0.717) is 11.0 Å². The van der Waals surface area contributed by atoms with Crippen molar-refractivity contribution in [2.45, 2.75) is 25.3 Å². The number of piperazine rings is 1. The number of carbonyl (C=O) groups is 5. The van der Waals surface area contributed by atoms with Gasteiger partial charge in [-0.25, -0.2) is 18.4 Å². The summed E-state index contributed by atoms with van der Waals surface area (Å²) < 4.78 is 33.3. The summed E-state index contributed by atoms with van der Waals surface area (Å²) in [6, 6.07) is -0.352. The molecule has 2 aliphatic heterocycles. The lowest BCUT2D eigenvalue weighted by atomic mass is 9.72. The van der Waals surface area contributed by atoms with Crippen molar-refractivity contribution in [1.82, 2.24) is 20.4 Å². The molecule has 0 spiro atoms. The number of aromatic carboxylic acids is 1. The number of phenols is 2. The minimum atomic E-state index is -1.98. The van der Waals surface area contributed by atoms with Gasteiger partial charge in [-0.15, -0.1) is 0 Å². The van der Waals surface area contributed by atoms with Crippen molar-refractivity contribution >= 4 is 48.4 Å². The number of nitrogens with zero attached hydrogens (tertiary/aromatic N) is 2. The number of carboxylic acid groups (broad SMARTS) is 1. The van der Waals surface area contributed by atoms with Crippen molar-refractivity contribution in [2.24, 2.45) is 0 Å². The van der Waals surface area contributed by atoms with Gasteiger partial charge in [-0.2, -0.15) is 0 Å². The molecule has 2 aromatic carbocycles. The summed E-state index contributed by atoms with van der Waals surface area (Å²) in [4.78, 5) is 64.6. The van der Waals surface area contributed by atoms with E-state index in [9.17, 15) is 53.1 Å². The Bertz CT molecular complexity index is 1510. The number of urea groups is 1. The number of halogens is 3. The Morgan fingerprint density at radius 1 is 1.19 bits per heavy atom. The predicted octanol–water partition coefficient (Wildman–Crippen LogP) is 0.309. The fourth-order valence-corrected chi connectivity index (χ4v) is 4.79. The quantitative estimate of drug-likeness (QED) is 0.150. The minimum Gasteiger partial charge on any atom is -0.534 e. The molecular formula is C24H22BClF2N4O10. The molecule has 0 aromatic heterocycles. The zero-order chi connectivity index (χ0) is 31.0. The second kappa shape index (κ2) is 11.7. The SMILES string of the molecule is CCN1CCN(C(=O)NC(C(=O)N[C@H]2Cc3cc(F)c(F)c(C(=O)O)c3OB2O)c2ccc(O)c(O)c2Cl)C(=O)C1=O. The number of amides is 5. The zero-order valence-corrected chi connectivity index (χ0v) is 22.3. The molecule has 4 rings (SSSR count). The molecule has 18 heteroatoms. The summed E-state index contributed by atoms with van der Waals surface area (Å²) in [6.45, 7) is 1.66. The highest BCUT2D eigenvalue weighted by molar-refractivity contribution is 6.47. The van der Waals surface area contributed by atoms with E-state index in [-0.39, 0.29) is 30.8 Å². The Balaban J connectivity index is 1.64. The fourth-order valence-electron chi connectivity index (χ4n) is 4.52. The Labute approximate surface area is 240 Å². The van der Waals surface area contributed by atoms with E-state index in [1.807, 2.05) is 0 Å². The van der Waals surface area contributed by atoms with E-state index in [2.05, 4.69) is 10.6 Å². The average Bonchev–Trinajstić information content (AvgIpc) is 2.93. The maximum absolute atomic E-state index is 14.1. The lowest BCUT2D eigenvalue weighted by molar-refractivity contribution is -0.153. The van der Waals surface area contributed by atoms with Gasteiger partial charge >= 0.3 is 30.9 Å². The molecule has 0 saturated carbocycles. The van der Waals surface area contributed by atoms with Crippen molar-refractivity contribution in [1.29, 1.82) is 0 Å². The average molecular weight is 611 g/mol. The summed E-state index contributed by atoms with van der Waals surface area (Å²) in [5, 5.41) is 43.6. The third-order valence-corrected chi connectivity index (χ3v) is 7.11. The lowest BCUT2D eigenvalue weighted by Gasteiger charge is -2.33. The first-order valence-corrected chi connectivity index (χ1v) is 12.6. The molecule has 42 heavy (non-hydrogen) atoms. The summed E-state index contributed by atoms with van der Waals surface area (Å²) in [5.74, 6) is -11.9. The van der Waals surface area contributed by atoms with Gasteiger partial charge in [-0.05, 0) is 31.0 Å².